The van der Waals surface area contributed by atoms with Gasteiger partial charge in [0, 0.05) is 6.42 Å². The molecule has 0 bridgehead atoms. The molecule has 1 aromatic carbocycles. The third-order valence-electron chi connectivity index (χ3n) is 4.83. The fourth-order valence-electron chi connectivity index (χ4n) is 3.42. The molecule has 2 aliphatic rings. The zero-order valence-electron chi connectivity index (χ0n) is 13.2. The SMILES string of the molecule is O=C(NC(c1ccc2c(c1)CCO2)C1CC(O)C1)c1ccnnc1. The van der Waals surface area contributed by atoms with Gasteiger partial charge in [-0.25, -0.2) is 0 Å². The van der Waals surface area contributed by atoms with Gasteiger partial charge in [0.1, 0.15) is 5.75 Å². The molecule has 1 aromatic heterocycles. The van der Waals surface area contributed by atoms with Gasteiger partial charge in [0.15, 0.2) is 0 Å². The summed E-state index contributed by atoms with van der Waals surface area (Å²) in [6.07, 6.45) is 4.99. The smallest absolute Gasteiger partial charge is 0.253 e. The van der Waals surface area contributed by atoms with Crippen LogP contribution in [-0.4, -0.2) is 33.9 Å². The van der Waals surface area contributed by atoms with E-state index in [0.29, 0.717) is 25.0 Å². The number of carbonyl (C=O) groups excluding carboxylic acids is 1. The van der Waals surface area contributed by atoms with Crippen LogP contribution < -0.4 is 10.1 Å². The van der Waals surface area contributed by atoms with E-state index < -0.39 is 0 Å². The molecule has 124 valence electrons. The van der Waals surface area contributed by atoms with Crippen LogP contribution in [0.2, 0.25) is 0 Å². The Hall–Kier alpha value is -2.47. The summed E-state index contributed by atoms with van der Waals surface area (Å²) in [7, 11) is 0. The number of fused-ring (bicyclic) bond motifs is 1. The summed E-state index contributed by atoms with van der Waals surface area (Å²) in [5, 5.41) is 20.2. The minimum Gasteiger partial charge on any atom is -0.493 e. The molecule has 4 rings (SSSR count). The number of carbonyl (C=O) groups is 1. The van der Waals surface area contributed by atoms with E-state index in [9.17, 15) is 9.90 Å². The van der Waals surface area contributed by atoms with Crippen LogP contribution in [0.25, 0.3) is 0 Å². The average molecular weight is 325 g/mol. The molecule has 0 saturated heterocycles. The Balaban J connectivity index is 1.59. The molecule has 1 atom stereocenters. The van der Waals surface area contributed by atoms with E-state index in [-0.39, 0.29) is 24.0 Å². The summed E-state index contributed by atoms with van der Waals surface area (Å²) < 4.78 is 5.56. The fourth-order valence-corrected chi connectivity index (χ4v) is 3.42. The number of benzene rings is 1. The number of aliphatic hydroxyl groups excluding tert-OH is 1. The van der Waals surface area contributed by atoms with Crippen LogP contribution in [0, 0.1) is 5.92 Å². The van der Waals surface area contributed by atoms with Gasteiger partial charge in [-0.05, 0) is 48.1 Å². The lowest BCUT2D eigenvalue weighted by atomic mass is 9.74. The highest BCUT2D eigenvalue weighted by Gasteiger charge is 2.36. The van der Waals surface area contributed by atoms with Crippen molar-refractivity contribution in [3.05, 3.63) is 53.3 Å². The Kier molecular flexibility index (Phi) is 3.90. The number of nitrogens with zero attached hydrogens (tertiary/aromatic N) is 2. The maximum absolute atomic E-state index is 12.5. The second-order valence-corrected chi connectivity index (χ2v) is 6.43. The van der Waals surface area contributed by atoms with Crippen molar-refractivity contribution in [2.75, 3.05) is 6.61 Å². The number of aromatic nitrogens is 2. The first-order chi connectivity index (χ1) is 11.7. The lowest BCUT2D eigenvalue weighted by molar-refractivity contribution is 0.0235. The molecule has 0 radical (unpaired) electrons. The molecule has 1 unspecified atom stereocenters. The Morgan fingerprint density at radius 2 is 2.17 bits per heavy atom. The van der Waals surface area contributed by atoms with Gasteiger partial charge in [-0.15, -0.1) is 0 Å². The first-order valence-corrected chi connectivity index (χ1v) is 8.22. The monoisotopic (exact) mass is 325 g/mol. The van der Waals surface area contributed by atoms with E-state index in [1.165, 1.54) is 18.0 Å². The Bertz CT molecular complexity index is 744. The van der Waals surface area contributed by atoms with Crippen molar-refractivity contribution in [1.29, 1.82) is 0 Å². The van der Waals surface area contributed by atoms with E-state index in [2.05, 4.69) is 21.6 Å². The van der Waals surface area contributed by atoms with Crippen LogP contribution in [0.3, 0.4) is 0 Å². The van der Waals surface area contributed by atoms with Crippen molar-refractivity contribution in [2.24, 2.45) is 5.92 Å². The van der Waals surface area contributed by atoms with Gasteiger partial charge in [-0.3, -0.25) is 4.79 Å². The third-order valence-corrected chi connectivity index (χ3v) is 4.83. The quantitative estimate of drug-likeness (QED) is 0.893. The zero-order chi connectivity index (χ0) is 16.5. The summed E-state index contributed by atoms with van der Waals surface area (Å²) in [4.78, 5) is 12.5. The molecule has 6 nitrogen and oxygen atoms in total. The molecule has 1 saturated carbocycles. The standard InChI is InChI=1S/C18H19N3O3/c22-15-8-14(9-15)17(21-18(23)13-3-5-19-20-10-13)12-1-2-16-11(7-12)4-6-24-16/h1-3,5,7,10,14-15,17,22H,4,6,8-9H2,(H,21,23). The predicted molar refractivity (Wildman–Crippen MR) is 86.6 cm³/mol. The van der Waals surface area contributed by atoms with E-state index in [4.69, 9.17) is 4.74 Å². The van der Waals surface area contributed by atoms with Gasteiger partial charge in [-0.2, -0.15) is 10.2 Å². The first kappa shape index (κ1) is 15.1. The highest BCUT2D eigenvalue weighted by molar-refractivity contribution is 5.94. The number of nitrogens with one attached hydrogen (secondary N) is 1. The van der Waals surface area contributed by atoms with Gasteiger partial charge in [0.25, 0.3) is 5.91 Å². The summed E-state index contributed by atoms with van der Waals surface area (Å²) in [6.45, 7) is 0.709. The van der Waals surface area contributed by atoms with Crippen molar-refractivity contribution >= 4 is 5.91 Å². The highest BCUT2D eigenvalue weighted by Crippen LogP contribution is 2.39. The topological polar surface area (TPSA) is 84.3 Å². The molecule has 2 aromatic rings. The number of aliphatic hydroxyl groups is 1. The molecule has 24 heavy (non-hydrogen) atoms. The Labute approximate surface area is 139 Å². The second-order valence-electron chi connectivity index (χ2n) is 6.43. The minimum absolute atomic E-state index is 0.125. The molecular weight excluding hydrogens is 306 g/mol. The van der Waals surface area contributed by atoms with Crippen LogP contribution in [0.5, 0.6) is 5.75 Å². The summed E-state index contributed by atoms with van der Waals surface area (Å²) in [6, 6.07) is 7.61. The van der Waals surface area contributed by atoms with Crippen LogP contribution >= 0.6 is 0 Å². The van der Waals surface area contributed by atoms with Crippen molar-refractivity contribution in [3.63, 3.8) is 0 Å². The summed E-state index contributed by atoms with van der Waals surface area (Å²) in [5.41, 5.74) is 2.73. The Morgan fingerprint density at radius 1 is 1.29 bits per heavy atom. The lowest BCUT2D eigenvalue weighted by Crippen LogP contribution is -2.41. The second kappa shape index (κ2) is 6.20. The highest BCUT2D eigenvalue weighted by atomic mass is 16.5. The van der Waals surface area contributed by atoms with E-state index >= 15 is 0 Å². The van der Waals surface area contributed by atoms with Gasteiger partial charge in [0.05, 0.1) is 36.7 Å². The summed E-state index contributed by atoms with van der Waals surface area (Å²) >= 11 is 0. The Morgan fingerprint density at radius 3 is 2.92 bits per heavy atom. The molecule has 1 aliphatic heterocycles. The predicted octanol–water partition coefficient (Wildman–Crippen LogP) is 1.65. The van der Waals surface area contributed by atoms with Gasteiger partial charge >= 0.3 is 0 Å². The maximum atomic E-state index is 12.5. The van der Waals surface area contributed by atoms with Crippen LogP contribution in [-0.2, 0) is 6.42 Å². The molecule has 2 N–H and O–H groups in total. The zero-order valence-corrected chi connectivity index (χ0v) is 13.2. The molecule has 0 spiro atoms. The normalized spacial score (nSPS) is 22.9. The van der Waals surface area contributed by atoms with Crippen molar-refractivity contribution in [1.82, 2.24) is 15.5 Å². The van der Waals surface area contributed by atoms with E-state index in [1.54, 1.807) is 6.07 Å². The molecule has 6 heteroatoms. The van der Waals surface area contributed by atoms with Crippen molar-refractivity contribution in [3.8, 4) is 5.75 Å². The van der Waals surface area contributed by atoms with Crippen LogP contribution in [0.4, 0.5) is 0 Å². The minimum atomic E-state index is -0.269. The summed E-state index contributed by atoms with van der Waals surface area (Å²) in [5.74, 6) is 0.989. The van der Waals surface area contributed by atoms with Gasteiger partial charge in [-0.1, -0.05) is 6.07 Å². The van der Waals surface area contributed by atoms with Gasteiger partial charge in [0.2, 0.25) is 0 Å². The first-order valence-electron chi connectivity index (χ1n) is 8.22. The number of hydrogen-bond acceptors (Lipinski definition) is 5. The molecule has 1 fully saturated rings. The fraction of sp³-hybridized carbons (Fsp3) is 0.389. The van der Waals surface area contributed by atoms with Crippen molar-refractivity contribution < 1.29 is 14.6 Å². The molecular formula is C18H19N3O3. The molecule has 2 heterocycles. The molecule has 1 aliphatic carbocycles. The average Bonchev–Trinajstić information content (AvgIpc) is 3.05. The number of ether oxygens (including phenoxy) is 1. The van der Waals surface area contributed by atoms with E-state index in [1.807, 2.05) is 12.1 Å². The number of hydrogen-bond donors (Lipinski definition) is 2. The number of rotatable bonds is 4. The third kappa shape index (κ3) is 2.85. The largest absolute Gasteiger partial charge is 0.493 e. The maximum Gasteiger partial charge on any atom is 0.253 e. The number of amides is 1. The molecule has 1 amide bonds. The van der Waals surface area contributed by atoms with Crippen LogP contribution in [0.15, 0.2) is 36.7 Å². The lowest BCUT2D eigenvalue weighted by Gasteiger charge is -2.38. The van der Waals surface area contributed by atoms with Gasteiger partial charge < -0.3 is 15.2 Å². The van der Waals surface area contributed by atoms with Crippen molar-refractivity contribution in [2.45, 2.75) is 31.4 Å². The van der Waals surface area contributed by atoms with E-state index in [0.717, 1.165) is 17.7 Å². The van der Waals surface area contributed by atoms with Crippen LogP contribution in [0.1, 0.15) is 40.4 Å².